The zero-order valence-corrected chi connectivity index (χ0v) is 27.6. The number of hydrogen-bond donors (Lipinski definition) is 0. The van der Waals surface area contributed by atoms with Crippen LogP contribution in [0.5, 0.6) is 0 Å². The molecule has 0 radical (unpaired) electrons. The quantitative estimate of drug-likeness (QED) is 0.0552. The van der Waals surface area contributed by atoms with E-state index in [9.17, 15) is 4.79 Å². The Balaban J connectivity index is 3.02. The summed E-state index contributed by atoms with van der Waals surface area (Å²) in [6, 6.07) is 0. The first kappa shape index (κ1) is 38.0. The van der Waals surface area contributed by atoms with Gasteiger partial charge in [-0.2, -0.15) is 0 Å². The number of halogens is 1. The van der Waals surface area contributed by atoms with Crippen molar-refractivity contribution in [2.24, 2.45) is 0 Å². The summed E-state index contributed by atoms with van der Waals surface area (Å²) in [6.07, 6.45) is 45.6. The lowest BCUT2D eigenvalue weighted by Gasteiger charge is -2.05. The minimum absolute atomic E-state index is 0.335. The Morgan fingerprint density at radius 2 is 0.553 bits per heavy atom. The van der Waals surface area contributed by atoms with Crippen LogP contribution in [0.15, 0.2) is 0 Å². The van der Waals surface area contributed by atoms with Gasteiger partial charge >= 0.3 is 4.88 Å². The molecule has 0 rings (SSSR count). The number of carbonyl (C=O) groups is 1. The predicted octanol–water partition coefficient (Wildman–Crippen LogP) is 14.0. The molecule has 0 unspecified atom stereocenters. The summed E-state index contributed by atoms with van der Waals surface area (Å²) in [5, 5.41) is 0. The van der Waals surface area contributed by atoms with Crippen LogP contribution in [-0.2, 0) is 4.74 Å². The summed E-state index contributed by atoms with van der Waals surface area (Å²) >= 11 is 2.79. The van der Waals surface area contributed by atoms with E-state index in [4.69, 9.17) is 4.74 Å². The first-order valence-electron chi connectivity index (χ1n) is 17.6. The van der Waals surface area contributed by atoms with E-state index in [0.29, 0.717) is 6.61 Å². The molecule has 0 aromatic heterocycles. The molecule has 2 nitrogen and oxygen atoms in total. The molecule has 0 saturated heterocycles. The maximum absolute atomic E-state index is 10.6. The number of carbonyl (C=O) groups excluding carboxylic acids is 1. The minimum atomic E-state index is -0.335. The van der Waals surface area contributed by atoms with Crippen LogP contribution in [0, 0.1) is 0 Å². The SMILES string of the molecule is CCCCCCCCCCCCCCCCCCCCCCCCCCCCCCCCCCOC(=O)Br. The van der Waals surface area contributed by atoms with Gasteiger partial charge in [-0.15, -0.1) is 0 Å². The fraction of sp³-hybridized carbons (Fsp3) is 0.971. The van der Waals surface area contributed by atoms with Gasteiger partial charge in [0, 0.05) is 15.9 Å². The van der Waals surface area contributed by atoms with Gasteiger partial charge < -0.3 is 4.74 Å². The molecule has 0 aliphatic rings. The average molecular weight is 602 g/mol. The van der Waals surface area contributed by atoms with Crippen LogP contribution in [0.4, 0.5) is 4.79 Å². The van der Waals surface area contributed by atoms with Gasteiger partial charge in [0.15, 0.2) is 0 Å². The third-order valence-electron chi connectivity index (χ3n) is 8.21. The standard InChI is InChI=1S/C35H69BrO2/c1-2-3-4-5-6-7-8-9-10-11-12-13-14-15-16-17-18-19-20-21-22-23-24-25-26-27-28-29-30-31-32-33-34-38-35(36)37/h2-34H2,1H3. The molecular formula is C35H69BrO2. The Bertz CT molecular complexity index is 440. The molecule has 0 aromatic rings. The lowest BCUT2D eigenvalue weighted by atomic mass is 10.0. The number of rotatable bonds is 33. The highest BCUT2D eigenvalue weighted by Crippen LogP contribution is 2.16. The average Bonchev–Trinajstić information content (AvgIpc) is 2.91. The first-order valence-corrected chi connectivity index (χ1v) is 18.4. The second-order valence-corrected chi connectivity index (χ2v) is 12.7. The molecule has 0 spiro atoms. The van der Waals surface area contributed by atoms with Gasteiger partial charge in [0.2, 0.25) is 0 Å². The van der Waals surface area contributed by atoms with E-state index in [0.717, 1.165) is 6.42 Å². The zero-order valence-electron chi connectivity index (χ0n) is 26.0. The van der Waals surface area contributed by atoms with Crippen molar-refractivity contribution >= 4 is 20.8 Å². The lowest BCUT2D eigenvalue weighted by Crippen LogP contribution is -1.95. The Hall–Kier alpha value is -0.0500. The van der Waals surface area contributed by atoms with Crippen molar-refractivity contribution in [3.63, 3.8) is 0 Å². The summed E-state index contributed by atoms with van der Waals surface area (Å²) in [4.78, 5) is 10.3. The molecule has 0 bridgehead atoms. The summed E-state index contributed by atoms with van der Waals surface area (Å²) in [5.74, 6) is 0. The van der Waals surface area contributed by atoms with E-state index in [-0.39, 0.29) is 4.88 Å². The highest BCUT2D eigenvalue weighted by molar-refractivity contribution is 9.18. The Morgan fingerprint density at radius 3 is 0.737 bits per heavy atom. The summed E-state index contributed by atoms with van der Waals surface area (Å²) in [6.45, 7) is 2.86. The highest BCUT2D eigenvalue weighted by atomic mass is 79.9. The molecule has 3 heteroatoms. The Kier molecular flexibility index (Phi) is 34.9. The highest BCUT2D eigenvalue weighted by Gasteiger charge is 1.98. The van der Waals surface area contributed by atoms with E-state index in [1.165, 1.54) is 199 Å². The maximum atomic E-state index is 10.6. The molecule has 0 N–H and O–H groups in total. The normalized spacial score (nSPS) is 11.3. The van der Waals surface area contributed by atoms with Gasteiger partial charge in [-0.25, -0.2) is 4.79 Å². The lowest BCUT2D eigenvalue weighted by molar-refractivity contribution is 0.174. The largest absolute Gasteiger partial charge is 0.457 e. The van der Waals surface area contributed by atoms with Gasteiger partial charge in [-0.05, 0) is 6.42 Å². The van der Waals surface area contributed by atoms with Crippen LogP contribution in [-0.4, -0.2) is 11.5 Å². The third-order valence-corrected chi connectivity index (χ3v) is 8.44. The van der Waals surface area contributed by atoms with E-state index in [1.54, 1.807) is 0 Å². The molecule has 0 heterocycles. The summed E-state index contributed by atoms with van der Waals surface area (Å²) in [5.41, 5.74) is 0. The monoisotopic (exact) mass is 600 g/mol. The van der Waals surface area contributed by atoms with Crippen LogP contribution in [0.25, 0.3) is 0 Å². The Labute approximate surface area is 248 Å². The molecular weight excluding hydrogens is 532 g/mol. The first-order chi connectivity index (χ1) is 18.8. The van der Waals surface area contributed by atoms with Crippen LogP contribution in [0.1, 0.15) is 212 Å². The van der Waals surface area contributed by atoms with Gasteiger partial charge in [0.25, 0.3) is 0 Å². The van der Waals surface area contributed by atoms with Gasteiger partial charge in [-0.3, -0.25) is 0 Å². The van der Waals surface area contributed by atoms with Crippen molar-refractivity contribution in [2.75, 3.05) is 6.61 Å². The van der Waals surface area contributed by atoms with Crippen molar-refractivity contribution in [1.82, 2.24) is 0 Å². The summed E-state index contributed by atoms with van der Waals surface area (Å²) < 4.78 is 4.89. The molecule has 0 aromatic carbocycles. The molecule has 38 heavy (non-hydrogen) atoms. The predicted molar refractivity (Wildman–Crippen MR) is 174 cm³/mol. The summed E-state index contributed by atoms with van der Waals surface area (Å²) in [7, 11) is 0. The van der Waals surface area contributed by atoms with Crippen LogP contribution < -0.4 is 0 Å². The Morgan fingerprint density at radius 1 is 0.368 bits per heavy atom. The van der Waals surface area contributed by atoms with E-state index in [1.807, 2.05) is 0 Å². The fourth-order valence-electron chi connectivity index (χ4n) is 5.63. The molecule has 0 aliphatic heterocycles. The van der Waals surface area contributed by atoms with Crippen LogP contribution in [0.2, 0.25) is 0 Å². The van der Waals surface area contributed by atoms with Gasteiger partial charge in [-0.1, -0.05) is 206 Å². The number of unbranched alkanes of at least 4 members (excludes halogenated alkanes) is 31. The van der Waals surface area contributed by atoms with Crippen molar-refractivity contribution in [1.29, 1.82) is 0 Å². The van der Waals surface area contributed by atoms with Gasteiger partial charge in [0.1, 0.15) is 0 Å². The van der Waals surface area contributed by atoms with Crippen molar-refractivity contribution in [3.05, 3.63) is 0 Å². The third kappa shape index (κ3) is 35.9. The molecule has 0 saturated carbocycles. The topological polar surface area (TPSA) is 26.3 Å². The zero-order chi connectivity index (χ0) is 27.6. The van der Waals surface area contributed by atoms with Crippen LogP contribution >= 0.6 is 15.9 Å². The number of hydrogen-bond acceptors (Lipinski definition) is 2. The molecule has 0 aliphatic carbocycles. The van der Waals surface area contributed by atoms with Crippen molar-refractivity contribution in [2.45, 2.75) is 212 Å². The molecule has 0 fully saturated rings. The van der Waals surface area contributed by atoms with E-state index >= 15 is 0 Å². The maximum Gasteiger partial charge on any atom is 0.374 e. The van der Waals surface area contributed by atoms with Gasteiger partial charge in [0.05, 0.1) is 6.61 Å². The minimum Gasteiger partial charge on any atom is -0.457 e. The fourth-order valence-corrected chi connectivity index (χ4v) is 5.79. The molecule has 0 atom stereocenters. The molecule has 0 amide bonds. The smallest absolute Gasteiger partial charge is 0.374 e. The van der Waals surface area contributed by atoms with E-state index in [2.05, 4.69) is 22.9 Å². The molecule has 228 valence electrons. The van der Waals surface area contributed by atoms with Crippen molar-refractivity contribution < 1.29 is 9.53 Å². The number of ether oxygens (including phenoxy) is 1. The van der Waals surface area contributed by atoms with Crippen LogP contribution in [0.3, 0.4) is 0 Å². The second kappa shape index (κ2) is 35.0. The van der Waals surface area contributed by atoms with Crippen molar-refractivity contribution in [3.8, 4) is 0 Å². The van der Waals surface area contributed by atoms with E-state index < -0.39 is 0 Å². The second-order valence-electron chi connectivity index (χ2n) is 12.0.